The van der Waals surface area contributed by atoms with Crippen molar-refractivity contribution in [3.8, 4) is 0 Å². The van der Waals surface area contributed by atoms with Crippen molar-refractivity contribution >= 4 is 10.0 Å². The first-order valence-corrected chi connectivity index (χ1v) is 10.3. The van der Waals surface area contributed by atoms with Crippen molar-refractivity contribution in [2.24, 2.45) is 0 Å². The van der Waals surface area contributed by atoms with Gasteiger partial charge in [-0.15, -0.1) is 0 Å². The third kappa shape index (κ3) is 3.06. The first kappa shape index (κ1) is 17.6. The Bertz CT molecular complexity index is 874. The average molecular weight is 381 g/mol. The molecule has 10 heteroatoms. The van der Waals surface area contributed by atoms with Crippen LogP contribution in [0.3, 0.4) is 0 Å². The van der Waals surface area contributed by atoms with Crippen LogP contribution in [0.1, 0.15) is 54.9 Å². The van der Waals surface area contributed by atoms with Crippen LogP contribution < -0.4 is 0 Å². The highest BCUT2D eigenvalue weighted by molar-refractivity contribution is 7.89. The van der Waals surface area contributed by atoms with Crippen molar-refractivity contribution in [1.29, 1.82) is 0 Å². The predicted molar refractivity (Wildman–Crippen MR) is 91.0 cm³/mol. The van der Waals surface area contributed by atoms with E-state index < -0.39 is 10.0 Å². The van der Waals surface area contributed by atoms with Crippen molar-refractivity contribution in [3.05, 3.63) is 23.2 Å². The second kappa shape index (κ2) is 6.43. The van der Waals surface area contributed by atoms with E-state index in [1.807, 2.05) is 6.92 Å². The summed E-state index contributed by atoms with van der Waals surface area (Å²) >= 11 is 0. The van der Waals surface area contributed by atoms with Gasteiger partial charge in [0.25, 0.3) is 0 Å². The molecule has 2 fully saturated rings. The van der Waals surface area contributed by atoms with Crippen LogP contribution >= 0.6 is 0 Å². The van der Waals surface area contributed by atoms with Crippen molar-refractivity contribution in [3.63, 3.8) is 0 Å². The standard InChI is InChI=1S/C16H23N5O4S/c1-10-14(12(3)24-18-10)26(22,23)21-8-6-20(7-9-21)11(2)16-17-15(19-25-16)13-4-5-13/h11,13H,4-9H2,1-3H3/t11-/m1/s1. The number of hydrogen-bond acceptors (Lipinski definition) is 8. The van der Waals surface area contributed by atoms with Gasteiger partial charge in [-0.05, 0) is 33.6 Å². The number of nitrogens with zero attached hydrogens (tertiary/aromatic N) is 5. The maximum absolute atomic E-state index is 12.9. The molecule has 4 rings (SSSR count). The van der Waals surface area contributed by atoms with Gasteiger partial charge in [0.1, 0.15) is 10.6 Å². The zero-order valence-electron chi connectivity index (χ0n) is 15.2. The lowest BCUT2D eigenvalue weighted by Gasteiger charge is -2.36. The number of piperazine rings is 1. The summed E-state index contributed by atoms with van der Waals surface area (Å²) in [4.78, 5) is 6.86. The fourth-order valence-corrected chi connectivity index (χ4v) is 5.10. The zero-order chi connectivity index (χ0) is 18.5. The van der Waals surface area contributed by atoms with Gasteiger partial charge >= 0.3 is 0 Å². The van der Waals surface area contributed by atoms with Crippen LogP contribution in [0.2, 0.25) is 0 Å². The topological polar surface area (TPSA) is 106 Å². The van der Waals surface area contributed by atoms with Gasteiger partial charge in [-0.2, -0.15) is 9.29 Å². The minimum Gasteiger partial charge on any atom is -0.360 e. The van der Waals surface area contributed by atoms with Gasteiger partial charge in [-0.3, -0.25) is 4.90 Å². The largest absolute Gasteiger partial charge is 0.360 e. The quantitative estimate of drug-likeness (QED) is 0.769. The van der Waals surface area contributed by atoms with E-state index in [1.165, 1.54) is 4.31 Å². The first-order chi connectivity index (χ1) is 12.4. The first-order valence-electron chi connectivity index (χ1n) is 8.88. The molecule has 0 N–H and O–H groups in total. The van der Waals surface area contributed by atoms with Gasteiger partial charge in [0.2, 0.25) is 15.9 Å². The van der Waals surface area contributed by atoms with Gasteiger partial charge in [-0.1, -0.05) is 10.3 Å². The predicted octanol–water partition coefficient (Wildman–Crippen LogP) is 1.62. The molecular weight excluding hydrogens is 358 g/mol. The Morgan fingerprint density at radius 2 is 1.77 bits per heavy atom. The molecule has 2 aliphatic rings. The third-order valence-corrected chi connectivity index (χ3v) is 7.29. The van der Waals surface area contributed by atoms with Gasteiger partial charge in [0.15, 0.2) is 11.6 Å². The molecule has 2 aromatic heterocycles. The lowest BCUT2D eigenvalue weighted by atomic mass is 10.2. The molecule has 26 heavy (non-hydrogen) atoms. The summed E-state index contributed by atoms with van der Waals surface area (Å²) < 4.78 is 37.7. The molecule has 0 radical (unpaired) electrons. The third-order valence-electron chi connectivity index (χ3n) is 5.14. The minimum absolute atomic E-state index is 0.0288. The lowest BCUT2D eigenvalue weighted by Crippen LogP contribution is -2.49. The fourth-order valence-electron chi connectivity index (χ4n) is 3.38. The maximum atomic E-state index is 12.9. The van der Waals surface area contributed by atoms with Gasteiger partial charge in [0, 0.05) is 32.1 Å². The van der Waals surface area contributed by atoms with Gasteiger partial charge in [-0.25, -0.2) is 8.42 Å². The number of sulfonamides is 1. The molecule has 9 nitrogen and oxygen atoms in total. The number of aromatic nitrogens is 3. The fraction of sp³-hybridized carbons (Fsp3) is 0.688. The van der Waals surface area contributed by atoms with E-state index in [2.05, 4.69) is 20.2 Å². The van der Waals surface area contributed by atoms with E-state index in [0.717, 1.165) is 18.7 Å². The molecule has 1 atom stereocenters. The molecule has 0 unspecified atom stereocenters. The SMILES string of the molecule is Cc1noc(C)c1S(=O)(=O)N1CCN([C@H](C)c2nc(C3CC3)no2)CC1. The summed E-state index contributed by atoms with van der Waals surface area (Å²) in [7, 11) is -3.59. The molecule has 0 spiro atoms. The van der Waals surface area contributed by atoms with Crippen molar-refractivity contribution in [2.45, 2.75) is 50.5 Å². The maximum Gasteiger partial charge on any atom is 0.248 e. The number of hydrogen-bond donors (Lipinski definition) is 0. The molecule has 1 saturated heterocycles. The Hall–Kier alpha value is -1.78. The van der Waals surface area contributed by atoms with E-state index in [9.17, 15) is 8.42 Å². The number of aryl methyl sites for hydroxylation is 2. The van der Waals surface area contributed by atoms with Crippen LogP contribution in [0, 0.1) is 13.8 Å². The Morgan fingerprint density at radius 3 is 2.35 bits per heavy atom. The molecule has 0 amide bonds. The Morgan fingerprint density at radius 1 is 1.08 bits per heavy atom. The molecule has 1 aliphatic carbocycles. The molecule has 2 aromatic rings. The minimum atomic E-state index is -3.59. The second-order valence-corrected chi connectivity index (χ2v) is 8.91. The zero-order valence-corrected chi connectivity index (χ0v) is 16.0. The summed E-state index contributed by atoms with van der Waals surface area (Å²) in [6, 6.07) is -0.0288. The average Bonchev–Trinajstić information content (AvgIpc) is 3.25. The highest BCUT2D eigenvalue weighted by atomic mass is 32.2. The lowest BCUT2D eigenvalue weighted by molar-refractivity contribution is 0.124. The summed E-state index contributed by atoms with van der Waals surface area (Å²) in [5, 5.41) is 7.83. The highest BCUT2D eigenvalue weighted by Crippen LogP contribution is 2.38. The Balaban J connectivity index is 1.43. The van der Waals surface area contributed by atoms with Gasteiger partial charge in [0.05, 0.1) is 6.04 Å². The summed E-state index contributed by atoms with van der Waals surface area (Å²) in [6.45, 7) is 7.30. The molecule has 3 heterocycles. The van der Waals surface area contributed by atoms with E-state index >= 15 is 0 Å². The molecule has 0 aromatic carbocycles. The van der Waals surface area contributed by atoms with Crippen LogP contribution in [0.25, 0.3) is 0 Å². The van der Waals surface area contributed by atoms with Crippen molar-refractivity contribution in [2.75, 3.05) is 26.2 Å². The van der Waals surface area contributed by atoms with E-state index in [0.29, 0.717) is 49.4 Å². The molecular formula is C16H23N5O4S. The van der Waals surface area contributed by atoms with Crippen LogP contribution in [-0.4, -0.2) is 59.1 Å². The molecule has 0 bridgehead atoms. The smallest absolute Gasteiger partial charge is 0.248 e. The molecule has 1 aliphatic heterocycles. The highest BCUT2D eigenvalue weighted by Gasteiger charge is 2.36. The Kier molecular flexibility index (Phi) is 4.36. The van der Waals surface area contributed by atoms with Crippen molar-refractivity contribution in [1.82, 2.24) is 24.5 Å². The monoisotopic (exact) mass is 381 g/mol. The van der Waals surface area contributed by atoms with E-state index in [1.54, 1.807) is 13.8 Å². The summed E-state index contributed by atoms with van der Waals surface area (Å²) in [5.41, 5.74) is 0.400. The van der Waals surface area contributed by atoms with E-state index in [-0.39, 0.29) is 10.9 Å². The number of rotatable bonds is 5. The normalized spacial score (nSPS) is 21.2. The van der Waals surface area contributed by atoms with Crippen molar-refractivity contribution < 1.29 is 17.5 Å². The van der Waals surface area contributed by atoms with Crippen LogP contribution in [-0.2, 0) is 10.0 Å². The van der Waals surface area contributed by atoms with Crippen LogP contribution in [0.15, 0.2) is 13.9 Å². The summed E-state index contributed by atoms with van der Waals surface area (Å²) in [6.07, 6.45) is 2.26. The second-order valence-electron chi connectivity index (χ2n) is 7.03. The summed E-state index contributed by atoms with van der Waals surface area (Å²) in [5.74, 6) is 2.19. The van der Waals surface area contributed by atoms with Gasteiger partial charge < -0.3 is 9.05 Å². The molecule has 1 saturated carbocycles. The van der Waals surface area contributed by atoms with Crippen LogP contribution in [0.4, 0.5) is 0 Å². The van der Waals surface area contributed by atoms with E-state index in [4.69, 9.17) is 9.05 Å². The Labute approximate surface area is 152 Å². The van der Waals surface area contributed by atoms with Crippen LogP contribution in [0.5, 0.6) is 0 Å². The molecule has 142 valence electrons.